The van der Waals surface area contributed by atoms with Gasteiger partial charge in [-0.05, 0) is 79.8 Å². The van der Waals surface area contributed by atoms with Crippen LogP contribution in [0.1, 0.15) is 42.0 Å². The second kappa shape index (κ2) is 11.1. The van der Waals surface area contributed by atoms with Crippen LogP contribution in [-0.2, 0) is 9.53 Å². The predicted molar refractivity (Wildman–Crippen MR) is 145 cm³/mol. The minimum absolute atomic E-state index is 0.0884. The Kier molecular flexibility index (Phi) is 7.49. The maximum Gasteiger partial charge on any atom is 0.251 e. The molecule has 1 fully saturated rings. The molecule has 3 aromatic carbocycles. The maximum absolute atomic E-state index is 13.2. The van der Waals surface area contributed by atoms with Crippen molar-refractivity contribution < 1.29 is 14.3 Å². The summed E-state index contributed by atoms with van der Waals surface area (Å²) < 4.78 is 11.5. The van der Waals surface area contributed by atoms with Crippen molar-refractivity contribution in [2.75, 3.05) is 32.2 Å². The third kappa shape index (κ3) is 5.53. The molecule has 0 spiro atoms. The second-order valence-corrected chi connectivity index (χ2v) is 9.68. The van der Waals surface area contributed by atoms with Crippen LogP contribution in [0.2, 0.25) is 0 Å². The van der Waals surface area contributed by atoms with Crippen molar-refractivity contribution in [2.45, 2.75) is 32.2 Å². The van der Waals surface area contributed by atoms with Crippen LogP contribution in [0.15, 0.2) is 72.3 Å². The van der Waals surface area contributed by atoms with E-state index < -0.39 is 0 Å². The largest absolute Gasteiger partial charge is 0.493 e. The fourth-order valence-electron chi connectivity index (χ4n) is 5.14. The van der Waals surface area contributed by atoms with Gasteiger partial charge in [-0.1, -0.05) is 48.0 Å². The second-order valence-electron chi connectivity index (χ2n) is 9.68. The molecular weight excluding hydrogens is 448 g/mol. The molecule has 0 aromatic heterocycles. The summed E-state index contributed by atoms with van der Waals surface area (Å²) in [6.45, 7) is 4.21. The molecule has 2 heterocycles. The molecule has 5 nitrogen and oxygen atoms in total. The average Bonchev–Trinajstić information content (AvgIpc) is 3.13. The van der Waals surface area contributed by atoms with E-state index in [0.29, 0.717) is 30.6 Å². The molecule has 2 N–H and O–H groups in total. The highest BCUT2D eigenvalue weighted by Gasteiger charge is 2.24. The van der Waals surface area contributed by atoms with Gasteiger partial charge < -0.3 is 20.1 Å². The first kappa shape index (κ1) is 24.3. The Bertz CT molecular complexity index is 1230. The minimum atomic E-state index is -0.0884. The summed E-state index contributed by atoms with van der Waals surface area (Å²) in [6, 6.07) is 23.1. The van der Waals surface area contributed by atoms with Crippen molar-refractivity contribution >= 4 is 17.7 Å². The molecule has 1 saturated heterocycles. The maximum atomic E-state index is 13.2. The molecule has 1 unspecified atom stereocenters. The lowest BCUT2D eigenvalue weighted by molar-refractivity contribution is -0.113. The molecular formula is C31H34N2O3. The zero-order valence-corrected chi connectivity index (χ0v) is 21.1. The summed E-state index contributed by atoms with van der Waals surface area (Å²) >= 11 is 0. The average molecular weight is 483 g/mol. The SMILES string of the molecule is CNC(c1ccc(NC(=O)C2=Cc3cc(-c4ccc(C)cc4)ccc3OCC2)cc1)C1CCOCC1. The van der Waals surface area contributed by atoms with E-state index in [1.807, 2.05) is 31.3 Å². The Hall–Kier alpha value is -3.41. The molecule has 1 atom stereocenters. The standard InChI is InChI=1S/C31H34N2O3/c1-21-3-5-22(6-4-21)25-9-12-29-27(19-25)20-26(15-18-36-29)31(34)33-28-10-7-23(8-11-28)30(32-2)24-13-16-35-17-14-24/h3-12,19-20,24,30,32H,13-18H2,1-2H3,(H,33,34). The van der Waals surface area contributed by atoms with Gasteiger partial charge in [-0.3, -0.25) is 4.79 Å². The zero-order valence-electron chi connectivity index (χ0n) is 21.1. The quantitative estimate of drug-likeness (QED) is 0.442. The summed E-state index contributed by atoms with van der Waals surface area (Å²) in [7, 11) is 2.01. The van der Waals surface area contributed by atoms with E-state index in [1.165, 1.54) is 11.1 Å². The molecule has 36 heavy (non-hydrogen) atoms. The van der Waals surface area contributed by atoms with E-state index in [-0.39, 0.29) is 5.91 Å². The lowest BCUT2D eigenvalue weighted by Gasteiger charge is -2.30. The van der Waals surface area contributed by atoms with Gasteiger partial charge in [0.25, 0.3) is 5.91 Å². The Morgan fingerprint density at radius 3 is 2.36 bits per heavy atom. The first-order chi connectivity index (χ1) is 17.6. The van der Waals surface area contributed by atoms with Crippen molar-refractivity contribution in [1.29, 1.82) is 0 Å². The predicted octanol–water partition coefficient (Wildman–Crippen LogP) is 6.15. The number of fused-ring (bicyclic) bond motifs is 1. The molecule has 0 saturated carbocycles. The van der Waals surface area contributed by atoms with Crippen LogP contribution >= 0.6 is 0 Å². The van der Waals surface area contributed by atoms with Crippen molar-refractivity contribution in [2.24, 2.45) is 5.92 Å². The van der Waals surface area contributed by atoms with E-state index in [0.717, 1.165) is 54.2 Å². The Morgan fingerprint density at radius 1 is 0.917 bits per heavy atom. The van der Waals surface area contributed by atoms with Crippen molar-refractivity contribution in [1.82, 2.24) is 5.32 Å². The number of carbonyl (C=O) groups excluding carboxylic acids is 1. The van der Waals surface area contributed by atoms with Crippen molar-refractivity contribution in [3.05, 3.63) is 89.0 Å². The van der Waals surface area contributed by atoms with E-state index in [1.54, 1.807) is 0 Å². The fourth-order valence-corrected chi connectivity index (χ4v) is 5.14. The van der Waals surface area contributed by atoms with E-state index in [4.69, 9.17) is 9.47 Å². The van der Waals surface area contributed by atoms with Gasteiger partial charge in [0.1, 0.15) is 5.75 Å². The Morgan fingerprint density at radius 2 is 1.64 bits per heavy atom. The Balaban J connectivity index is 1.31. The van der Waals surface area contributed by atoms with Crippen LogP contribution < -0.4 is 15.4 Å². The molecule has 2 aliphatic heterocycles. The molecule has 0 bridgehead atoms. The smallest absolute Gasteiger partial charge is 0.251 e. The number of ether oxygens (including phenoxy) is 2. The van der Waals surface area contributed by atoms with Crippen LogP contribution in [0.25, 0.3) is 17.2 Å². The van der Waals surface area contributed by atoms with Gasteiger partial charge in [-0.15, -0.1) is 0 Å². The topological polar surface area (TPSA) is 59.6 Å². The van der Waals surface area contributed by atoms with Gasteiger partial charge in [0, 0.05) is 42.5 Å². The molecule has 186 valence electrons. The zero-order chi connectivity index (χ0) is 24.9. The van der Waals surface area contributed by atoms with Gasteiger partial charge >= 0.3 is 0 Å². The molecule has 0 aliphatic carbocycles. The first-order valence-corrected chi connectivity index (χ1v) is 12.8. The number of hydrogen-bond acceptors (Lipinski definition) is 4. The van der Waals surface area contributed by atoms with Crippen LogP contribution in [0.4, 0.5) is 5.69 Å². The first-order valence-electron chi connectivity index (χ1n) is 12.8. The highest BCUT2D eigenvalue weighted by Crippen LogP contribution is 2.32. The molecule has 5 rings (SSSR count). The number of benzene rings is 3. The summed E-state index contributed by atoms with van der Waals surface area (Å²) in [4.78, 5) is 13.2. The summed E-state index contributed by atoms with van der Waals surface area (Å²) in [5.74, 6) is 1.28. The summed E-state index contributed by atoms with van der Waals surface area (Å²) in [5, 5.41) is 6.55. The van der Waals surface area contributed by atoms with Crippen molar-refractivity contribution in [3.8, 4) is 16.9 Å². The summed E-state index contributed by atoms with van der Waals surface area (Å²) in [5.41, 5.74) is 7.16. The monoisotopic (exact) mass is 482 g/mol. The number of amides is 1. The fraction of sp³-hybridized carbons (Fsp3) is 0.323. The van der Waals surface area contributed by atoms with Gasteiger partial charge in [-0.25, -0.2) is 0 Å². The summed E-state index contributed by atoms with van der Waals surface area (Å²) in [6.07, 6.45) is 4.65. The van der Waals surface area contributed by atoms with E-state index in [2.05, 4.69) is 66.1 Å². The van der Waals surface area contributed by atoms with Crippen LogP contribution in [0.3, 0.4) is 0 Å². The van der Waals surface area contributed by atoms with E-state index >= 15 is 0 Å². The highest BCUT2D eigenvalue weighted by molar-refractivity contribution is 6.07. The number of aryl methyl sites for hydroxylation is 1. The number of nitrogens with one attached hydrogen (secondary N) is 2. The molecule has 1 amide bonds. The van der Waals surface area contributed by atoms with Crippen LogP contribution in [-0.4, -0.2) is 32.8 Å². The number of carbonyl (C=O) groups is 1. The van der Waals surface area contributed by atoms with E-state index in [9.17, 15) is 4.79 Å². The number of anilines is 1. The Labute approximate surface area is 213 Å². The number of rotatable bonds is 6. The van der Waals surface area contributed by atoms with Crippen LogP contribution in [0.5, 0.6) is 5.75 Å². The van der Waals surface area contributed by atoms with Gasteiger partial charge in [-0.2, -0.15) is 0 Å². The molecule has 3 aromatic rings. The van der Waals surface area contributed by atoms with Crippen molar-refractivity contribution in [3.63, 3.8) is 0 Å². The molecule has 5 heteroatoms. The molecule has 0 radical (unpaired) electrons. The minimum Gasteiger partial charge on any atom is -0.493 e. The third-order valence-corrected chi connectivity index (χ3v) is 7.22. The normalized spacial score (nSPS) is 16.8. The number of hydrogen-bond donors (Lipinski definition) is 2. The third-order valence-electron chi connectivity index (χ3n) is 7.22. The van der Waals surface area contributed by atoms with Gasteiger partial charge in [0.05, 0.1) is 6.61 Å². The van der Waals surface area contributed by atoms with Gasteiger partial charge in [0.2, 0.25) is 0 Å². The lowest BCUT2D eigenvalue weighted by atomic mass is 9.87. The lowest BCUT2D eigenvalue weighted by Crippen LogP contribution is -2.30. The van der Waals surface area contributed by atoms with Crippen LogP contribution in [0, 0.1) is 12.8 Å². The highest BCUT2D eigenvalue weighted by atomic mass is 16.5. The van der Waals surface area contributed by atoms with Gasteiger partial charge in [0.15, 0.2) is 0 Å². The molecule has 2 aliphatic rings.